The number of anilines is 3. The topological polar surface area (TPSA) is 102 Å². The number of carbonyl (C=O) groups is 2. The standard InChI is InChI=1S/C27H27FN6O2S/c1-18-15-30-27(32-24(18)19-3-5-20(6-4-19)25(35)33(2)17-29)31-22-7-9-23(10-8-22)34-13-11-21(12-14-34)26(36)37-16-28/h3-10,15,21H,11-14,16H2,1-2H3,(H,30,31,32). The molecule has 37 heavy (non-hydrogen) atoms. The zero-order valence-electron chi connectivity index (χ0n) is 20.6. The first kappa shape index (κ1) is 26.1. The van der Waals surface area contributed by atoms with Gasteiger partial charge < -0.3 is 10.2 Å². The van der Waals surface area contributed by atoms with Crippen molar-refractivity contribution in [1.29, 1.82) is 5.26 Å². The Kier molecular flexibility index (Phi) is 8.36. The summed E-state index contributed by atoms with van der Waals surface area (Å²) in [6, 6.07) is 14.3. The number of hydrogen-bond donors (Lipinski definition) is 1. The van der Waals surface area contributed by atoms with Gasteiger partial charge in [0.05, 0.1) is 5.69 Å². The molecule has 0 aliphatic carbocycles. The lowest BCUT2D eigenvalue weighted by molar-refractivity contribution is -0.114. The Bertz CT molecular complexity index is 1300. The molecule has 1 aromatic heterocycles. The van der Waals surface area contributed by atoms with Crippen molar-refractivity contribution in [2.24, 2.45) is 5.92 Å². The number of alkyl halides is 1. The molecule has 2 heterocycles. The van der Waals surface area contributed by atoms with Gasteiger partial charge in [-0.1, -0.05) is 23.9 Å². The molecule has 1 amide bonds. The smallest absolute Gasteiger partial charge is 0.266 e. The molecule has 0 radical (unpaired) electrons. The summed E-state index contributed by atoms with van der Waals surface area (Å²) in [7, 11) is 1.43. The minimum Gasteiger partial charge on any atom is -0.371 e. The normalized spacial score (nSPS) is 13.6. The number of piperidine rings is 1. The van der Waals surface area contributed by atoms with Gasteiger partial charge >= 0.3 is 0 Å². The van der Waals surface area contributed by atoms with Crippen molar-refractivity contribution in [3.05, 3.63) is 65.9 Å². The summed E-state index contributed by atoms with van der Waals surface area (Å²) in [6.45, 7) is 3.44. The van der Waals surface area contributed by atoms with E-state index in [2.05, 4.69) is 20.2 Å². The number of aromatic nitrogens is 2. The SMILES string of the molecule is Cc1cnc(Nc2ccc(N3CCC(C(=O)SCF)CC3)cc2)nc1-c1ccc(C(=O)N(C)C#N)cc1. The number of thioether (sulfide) groups is 1. The van der Waals surface area contributed by atoms with Gasteiger partial charge in [-0.3, -0.25) is 9.59 Å². The lowest BCUT2D eigenvalue weighted by Gasteiger charge is -2.32. The lowest BCUT2D eigenvalue weighted by Crippen LogP contribution is -2.35. The molecule has 0 spiro atoms. The van der Waals surface area contributed by atoms with Crippen molar-refractivity contribution in [3.8, 4) is 17.5 Å². The summed E-state index contributed by atoms with van der Waals surface area (Å²) in [4.78, 5) is 36.4. The molecule has 190 valence electrons. The molecule has 1 aliphatic heterocycles. The molecule has 10 heteroatoms. The number of benzene rings is 2. The maximum atomic E-state index is 12.4. The minimum atomic E-state index is -0.659. The molecule has 0 bridgehead atoms. The largest absolute Gasteiger partial charge is 0.371 e. The third-order valence-corrected chi connectivity index (χ3v) is 7.07. The van der Waals surface area contributed by atoms with E-state index in [4.69, 9.17) is 5.26 Å². The maximum absolute atomic E-state index is 12.4. The van der Waals surface area contributed by atoms with Crippen LogP contribution in [0.4, 0.5) is 21.7 Å². The van der Waals surface area contributed by atoms with E-state index >= 15 is 0 Å². The first-order valence-electron chi connectivity index (χ1n) is 11.9. The minimum absolute atomic E-state index is 0.0461. The van der Waals surface area contributed by atoms with Gasteiger partial charge in [0.15, 0.2) is 11.3 Å². The summed E-state index contributed by atoms with van der Waals surface area (Å²) >= 11 is 0.771. The van der Waals surface area contributed by atoms with Crippen LogP contribution < -0.4 is 10.2 Å². The number of carbonyl (C=O) groups excluding carboxylic acids is 2. The Morgan fingerprint density at radius 2 is 1.84 bits per heavy atom. The van der Waals surface area contributed by atoms with Gasteiger partial charge in [-0.2, -0.15) is 5.26 Å². The molecular formula is C27H27FN6O2S. The van der Waals surface area contributed by atoms with E-state index in [0.29, 0.717) is 11.5 Å². The van der Waals surface area contributed by atoms with Crippen molar-refractivity contribution >= 4 is 40.1 Å². The number of aryl methyl sites for hydroxylation is 1. The van der Waals surface area contributed by atoms with Crippen molar-refractivity contribution < 1.29 is 14.0 Å². The van der Waals surface area contributed by atoms with Crippen LogP contribution in [0, 0.1) is 24.3 Å². The third kappa shape index (κ3) is 6.24. The van der Waals surface area contributed by atoms with Crippen LogP contribution in [-0.2, 0) is 4.79 Å². The highest BCUT2D eigenvalue weighted by molar-refractivity contribution is 8.13. The van der Waals surface area contributed by atoms with Gasteiger partial charge in [-0.15, -0.1) is 0 Å². The van der Waals surface area contributed by atoms with Crippen molar-refractivity contribution in [2.45, 2.75) is 19.8 Å². The second kappa shape index (κ2) is 11.8. The zero-order valence-corrected chi connectivity index (χ0v) is 21.5. The fraction of sp³-hybridized carbons (Fsp3) is 0.296. The number of nitrogens with one attached hydrogen (secondary N) is 1. The highest BCUT2D eigenvalue weighted by Crippen LogP contribution is 2.29. The molecule has 1 aliphatic rings. The third-order valence-electron chi connectivity index (χ3n) is 6.35. The molecular weight excluding hydrogens is 491 g/mol. The van der Waals surface area contributed by atoms with Crippen LogP contribution in [0.5, 0.6) is 0 Å². The molecule has 0 unspecified atom stereocenters. The molecule has 2 aromatic carbocycles. The first-order chi connectivity index (χ1) is 17.9. The predicted molar refractivity (Wildman–Crippen MR) is 143 cm³/mol. The van der Waals surface area contributed by atoms with Gasteiger partial charge in [-0.05, 0) is 61.7 Å². The van der Waals surface area contributed by atoms with E-state index in [1.54, 1.807) is 30.5 Å². The van der Waals surface area contributed by atoms with Crippen LogP contribution in [0.15, 0.2) is 54.7 Å². The average molecular weight is 519 g/mol. The van der Waals surface area contributed by atoms with Crippen LogP contribution in [0.3, 0.4) is 0 Å². The van der Waals surface area contributed by atoms with Gasteiger partial charge in [-0.25, -0.2) is 19.3 Å². The van der Waals surface area contributed by atoms with Crippen LogP contribution in [0.25, 0.3) is 11.3 Å². The molecule has 1 fully saturated rings. The van der Waals surface area contributed by atoms with E-state index in [1.807, 2.05) is 37.4 Å². The highest BCUT2D eigenvalue weighted by atomic mass is 32.2. The fourth-order valence-electron chi connectivity index (χ4n) is 4.23. The lowest BCUT2D eigenvalue weighted by atomic mass is 9.98. The summed E-state index contributed by atoms with van der Waals surface area (Å²) in [5, 5.41) is 12.1. The fourth-order valence-corrected chi connectivity index (χ4v) is 4.81. The van der Waals surface area contributed by atoms with Gasteiger partial charge in [0.2, 0.25) is 5.95 Å². The van der Waals surface area contributed by atoms with Crippen molar-refractivity contribution in [3.63, 3.8) is 0 Å². The highest BCUT2D eigenvalue weighted by Gasteiger charge is 2.25. The van der Waals surface area contributed by atoms with E-state index in [1.165, 1.54) is 7.05 Å². The number of hydrogen-bond acceptors (Lipinski definition) is 8. The molecule has 8 nitrogen and oxygen atoms in total. The summed E-state index contributed by atoms with van der Waals surface area (Å²) in [6.07, 6.45) is 5.02. The van der Waals surface area contributed by atoms with E-state index < -0.39 is 6.01 Å². The van der Waals surface area contributed by atoms with Gasteiger partial charge in [0.1, 0.15) is 6.01 Å². The Labute approximate surface area is 219 Å². The Morgan fingerprint density at radius 3 is 2.46 bits per heavy atom. The maximum Gasteiger partial charge on any atom is 0.266 e. The second-order valence-corrected chi connectivity index (χ2v) is 9.68. The molecule has 0 saturated carbocycles. The van der Waals surface area contributed by atoms with E-state index in [0.717, 1.165) is 70.8 Å². The van der Waals surface area contributed by atoms with Crippen molar-refractivity contribution in [1.82, 2.24) is 14.9 Å². The number of amides is 1. The van der Waals surface area contributed by atoms with Gasteiger partial charge in [0.25, 0.3) is 5.91 Å². The van der Waals surface area contributed by atoms with E-state index in [-0.39, 0.29) is 16.9 Å². The van der Waals surface area contributed by atoms with Crippen LogP contribution in [0.2, 0.25) is 0 Å². The number of nitriles is 1. The van der Waals surface area contributed by atoms with Crippen LogP contribution >= 0.6 is 11.8 Å². The molecule has 3 aromatic rings. The van der Waals surface area contributed by atoms with Gasteiger partial charge in [0, 0.05) is 54.8 Å². The Balaban J connectivity index is 1.41. The Morgan fingerprint density at radius 1 is 1.16 bits per heavy atom. The summed E-state index contributed by atoms with van der Waals surface area (Å²) < 4.78 is 12.4. The zero-order chi connectivity index (χ0) is 26.4. The van der Waals surface area contributed by atoms with Crippen LogP contribution in [0.1, 0.15) is 28.8 Å². The van der Waals surface area contributed by atoms with Crippen LogP contribution in [-0.4, -0.2) is 52.0 Å². The summed E-state index contributed by atoms with van der Waals surface area (Å²) in [5.74, 6) is 0.0109. The first-order valence-corrected chi connectivity index (χ1v) is 12.8. The molecule has 1 N–H and O–H groups in total. The average Bonchev–Trinajstić information content (AvgIpc) is 2.94. The summed E-state index contributed by atoms with van der Waals surface area (Å²) in [5.41, 5.74) is 4.79. The monoisotopic (exact) mass is 518 g/mol. The quantitative estimate of drug-likeness (QED) is 0.338. The number of nitrogens with zero attached hydrogens (tertiary/aromatic N) is 5. The Hall–Kier alpha value is -3.97. The number of halogens is 1. The second-order valence-electron chi connectivity index (χ2n) is 8.77. The molecule has 4 rings (SSSR count). The number of rotatable bonds is 7. The van der Waals surface area contributed by atoms with E-state index in [9.17, 15) is 14.0 Å². The van der Waals surface area contributed by atoms with Crippen molar-refractivity contribution in [2.75, 3.05) is 36.4 Å². The molecule has 1 saturated heterocycles. The predicted octanol–water partition coefficient (Wildman–Crippen LogP) is 5.15. The molecule has 0 atom stereocenters.